The quantitative estimate of drug-likeness (QED) is 0.495. The fraction of sp³-hybridized carbons (Fsp3) is 0.818. The van der Waals surface area contributed by atoms with Gasteiger partial charge in [-0.25, -0.2) is 0 Å². The van der Waals surface area contributed by atoms with Gasteiger partial charge in [-0.2, -0.15) is 0 Å². The Balaban J connectivity index is 2.03. The highest BCUT2D eigenvalue weighted by Gasteiger charge is 2.43. The lowest BCUT2D eigenvalue weighted by molar-refractivity contribution is -0.153. The van der Waals surface area contributed by atoms with E-state index in [0.29, 0.717) is 12.5 Å². The van der Waals surface area contributed by atoms with Gasteiger partial charge >= 0.3 is 5.97 Å². The third-order valence-corrected chi connectivity index (χ3v) is 3.43. The third kappa shape index (κ3) is 1.91. The SMILES string of the molecule is COC(=O)C1CCN(C2CC2)C(C)C1=O. The van der Waals surface area contributed by atoms with Crippen LogP contribution in [0.2, 0.25) is 0 Å². The molecule has 15 heavy (non-hydrogen) atoms. The first kappa shape index (κ1) is 10.6. The minimum absolute atomic E-state index is 0.0278. The fourth-order valence-electron chi connectivity index (χ4n) is 2.35. The van der Waals surface area contributed by atoms with Crippen LogP contribution in [0.4, 0.5) is 0 Å². The van der Waals surface area contributed by atoms with Crippen LogP contribution in [-0.2, 0) is 14.3 Å². The lowest BCUT2D eigenvalue weighted by atomic mass is 9.90. The maximum atomic E-state index is 11.9. The molecule has 0 spiro atoms. The number of esters is 1. The maximum absolute atomic E-state index is 11.9. The number of rotatable bonds is 2. The monoisotopic (exact) mass is 211 g/mol. The normalized spacial score (nSPS) is 32.8. The summed E-state index contributed by atoms with van der Waals surface area (Å²) >= 11 is 0. The van der Waals surface area contributed by atoms with Gasteiger partial charge < -0.3 is 4.74 Å². The van der Waals surface area contributed by atoms with Crippen molar-refractivity contribution in [3.05, 3.63) is 0 Å². The van der Waals surface area contributed by atoms with Gasteiger partial charge in [-0.15, -0.1) is 0 Å². The average Bonchev–Trinajstić information content (AvgIpc) is 3.04. The topological polar surface area (TPSA) is 46.6 Å². The van der Waals surface area contributed by atoms with Crippen LogP contribution in [-0.4, -0.2) is 42.4 Å². The highest BCUT2D eigenvalue weighted by atomic mass is 16.5. The van der Waals surface area contributed by atoms with Crippen LogP contribution in [0.15, 0.2) is 0 Å². The molecule has 2 rings (SSSR count). The second kappa shape index (κ2) is 3.93. The van der Waals surface area contributed by atoms with E-state index in [0.717, 1.165) is 6.54 Å². The number of likely N-dealkylation sites (tertiary alicyclic amines) is 1. The Bertz CT molecular complexity index is 286. The molecule has 2 atom stereocenters. The second-order valence-corrected chi connectivity index (χ2v) is 4.41. The molecule has 1 saturated carbocycles. The van der Waals surface area contributed by atoms with E-state index < -0.39 is 5.92 Å². The van der Waals surface area contributed by atoms with Crippen molar-refractivity contribution in [2.24, 2.45) is 5.92 Å². The summed E-state index contributed by atoms with van der Waals surface area (Å²) in [5, 5.41) is 0. The van der Waals surface area contributed by atoms with Gasteiger partial charge in [0.15, 0.2) is 5.78 Å². The van der Waals surface area contributed by atoms with Crippen molar-refractivity contribution in [2.75, 3.05) is 13.7 Å². The minimum Gasteiger partial charge on any atom is -0.468 e. The summed E-state index contributed by atoms with van der Waals surface area (Å²) in [4.78, 5) is 25.5. The standard InChI is InChI=1S/C11H17NO3/c1-7-10(13)9(11(14)15-2)5-6-12(7)8-3-4-8/h7-9H,3-6H2,1-2H3. The van der Waals surface area contributed by atoms with Gasteiger partial charge in [-0.3, -0.25) is 14.5 Å². The van der Waals surface area contributed by atoms with Crippen LogP contribution < -0.4 is 0 Å². The smallest absolute Gasteiger partial charge is 0.316 e. The molecule has 1 aliphatic carbocycles. The van der Waals surface area contributed by atoms with E-state index in [1.807, 2.05) is 6.92 Å². The predicted octanol–water partition coefficient (Wildman–Crippen LogP) is 0.601. The number of piperidine rings is 1. The molecule has 0 N–H and O–H groups in total. The van der Waals surface area contributed by atoms with Crippen LogP contribution in [0, 0.1) is 5.92 Å². The Hall–Kier alpha value is -0.900. The van der Waals surface area contributed by atoms with Gasteiger partial charge in [0.1, 0.15) is 5.92 Å². The van der Waals surface area contributed by atoms with Crippen molar-refractivity contribution in [3.8, 4) is 0 Å². The molecule has 0 radical (unpaired) electrons. The van der Waals surface area contributed by atoms with Gasteiger partial charge in [0.2, 0.25) is 0 Å². The highest BCUT2D eigenvalue weighted by molar-refractivity contribution is 6.02. The molecule has 2 fully saturated rings. The summed E-state index contributed by atoms with van der Waals surface area (Å²) in [5.74, 6) is -0.873. The van der Waals surface area contributed by atoms with Crippen LogP contribution in [0.5, 0.6) is 0 Å². The molecule has 2 unspecified atom stereocenters. The molecule has 0 bridgehead atoms. The molecule has 0 aromatic heterocycles. The Kier molecular flexibility index (Phi) is 2.78. The number of carbonyl (C=O) groups is 2. The van der Waals surface area contributed by atoms with E-state index in [1.165, 1.54) is 20.0 Å². The van der Waals surface area contributed by atoms with E-state index in [9.17, 15) is 9.59 Å². The van der Waals surface area contributed by atoms with Crippen molar-refractivity contribution in [1.82, 2.24) is 4.90 Å². The lowest BCUT2D eigenvalue weighted by Gasteiger charge is -2.35. The van der Waals surface area contributed by atoms with Gasteiger partial charge in [0, 0.05) is 12.6 Å². The summed E-state index contributed by atoms with van der Waals surface area (Å²) < 4.78 is 4.64. The molecular formula is C11H17NO3. The van der Waals surface area contributed by atoms with E-state index >= 15 is 0 Å². The number of nitrogens with zero attached hydrogens (tertiary/aromatic N) is 1. The number of Topliss-reactive ketones (excluding diaryl/α,β-unsaturated/α-hetero) is 1. The van der Waals surface area contributed by atoms with Gasteiger partial charge in [-0.05, 0) is 26.2 Å². The van der Waals surface area contributed by atoms with E-state index in [-0.39, 0.29) is 17.8 Å². The number of hydrogen-bond donors (Lipinski definition) is 0. The molecule has 0 amide bonds. The van der Waals surface area contributed by atoms with Crippen LogP contribution >= 0.6 is 0 Å². The first-order valence-corrected chi connectivity index (χ1v) is 5.52. The van der Waals surface area contributed by atoms with E-state index in [1.54, 1.807) is 0 Å². The molecule has 4 heteroatoms. The summed E-state index contributed by atoms with van der Waals surface area (Å²) in [6.07, 6.45) is 3.01. The molecule has 1 heterocycles. The van der Waals surface area contributed by atoms with Crippen LogP contribution in [0.1, 0.15) is 26.2 Å². The largest absolute Gasteiger partial charge is 0.468 e. The lowest BCUT2D eigenvalue weighted by Crippen LogP contribution is -2.51. The molecule has 1 saturated heterocycles. The third-order valence-electron chi connectivity index (χ3n) is 3.43. The zero-order valence-electron chi connectivity index (χ0n) is 9.23. The van der Waals surface area contributed by atoms with Crippen molar-refractivity contribution < 1.29 is 14.3 Å². The summed E-state index contributed by atoms with van der Waals surface area (Å²) in [7, 11) is 1.34. The zero-order valence-corrected chi connectivity index (χ0v) is 9.23. The first-order valence-electron chi connectivity index (χ1n) is 5.52. The number of methoxy groups -OCH3 is 1. The number of ketones is 1. The minimum atomic E-state index is -0.528. The molecule has 4 nitrogen and oxygen atoms in total. The molecule has 84 valence electrons. The second-order valence-electron chi connectivity index (χ2n) is 4.41. The maximum Gasteiger partial charge on any atom is 0.316 e. The average molecular weight is 211 g/mol. The first-order chi connectivity index (χ1) is 7.15. The number of hydrogen-bond acceptors (Lipinski definition) is 4. The zero-order chi connectivity index (χ0) is 11.0. The van der Waals surface area contributed by atoms with Crippen molar-refractivity contribution >= 4 is 11.8 Å². The van der Waals surface area contributed by atoms with Gasteiger partial charge in [0.25, 0.3) is 0 Å². The molecule has 1 aliphatic heterocycles. The Morgan fingerprint density at radius 2 is 2.07 bits per heavy atom. The molecular weight excluding hydrogens is 194 g/mol. The molecule has 0 aromatic carbocycles. The van der Waals surface area contributed by atoms with Gasteiger partial charge in [0.05, 0.1) is 13.2 Å². The van der Waals surface area contributed by atoms with Crippen molar-refractivity contribution in [3.63, 3.8) is 0 Å². The van der Waals surface area contributed by atoms with Crippen molar-refractivity contribution in [2.45, 2.75) is 38.3 Å². The van der Waals surface area contributed by atoms with Crippen LogP contribution in [0.3, 0.4) is 0 Å². The van der Waals surface area contributed by atoms with Crippen molar-refractivity contribution in [1.29, 1.82) is 0 Å². The number of carbonyl (C=O) groups excluding carboxylic acids is 2. The Morgan fingerprint density at radius 3 is 2.60 bits per heavy atom. The number of ether oxygens (including phenoxy) is 1. The summed E-state index contributed by atoms with van der Waals surface area (Å²) in [6, 6.07) is 0.470. The van der Waals surface area contributed by atoms with E-state index in [2.05, 4.69) is 9.64 Å². The van der Waals surface area contributed by atoms with Gasteiger partial charge in [-0.1, -0.05) is 0 Å². The van der Waals surface area contributed by atoms with Crippen LogP contribution in [0.25, 0.3) is 0 Å². The Labute approximate surface area is 89.6 Å². The highest BCUT2D eigenvalue weighted by Crippen LogP contribution is 2.33. The Morgan fingerprint density at radius 1 is 1.40 bits per heavy atom. The molecule has 2 aliphatic rings. The summed E-state index contributed by atoms with van der Waals surface area (Å²) in [5.41, 5.74) is 0. The summed E-state index contributed by atoms with van der Waals surface area (Å²) in [6.45, 7) is 2.74. The molecule has 0 aromatic rings. The predicted molar refractivity (Wildman–Crippen MR) is 54.3 cm³/mol. The fourth-order valence-corrected chi connectivity index (χ4v) is 2.35. The van der Waals surface area contributed by atoms with E-state index in [4.69, 9.17) is 0 Å².